The van der Waals surface area contributed by atoms with Gasteiger partial charge in [0.2, 0.25) is 0 Å². The highest BCUT2D eigenvalue weighted by Crippen LogP contribution is 2.22. The summed E-state index contributed by atoms with van der Waals surface area (Å²) < 4.78 is 5.29. The van der Waals surface area contributed by atoms with Gasteiger partial charge in [-0.2, -0.15) is 0 Å². The molecule has 1 rings (SSSR count). The van der Waals surface area contributed by atoms with Crippen molar-refractivity contribution in [1.29, 1.82) is 0 Å². The third-order valence-corrected chi connectivity index (χ3v) is 3.89. The normalized spacial score (nSPS) is 10.8. The van der Waals surface area contributed by atoms with E-state index in [0.29, 0.717) is 0 Å². The number of aryl methyl sites for hydroxylation is 2. The van der Waals surface area contributed by atoms with Gasteiger partial charge in [0.15, 0.2) is 0 Å². The summed E-state index contributed by atoms with van der Waals surface area (Å²) in [6.07, 6.45) is 1.10. The minimum atomic E-state index is 0.822. The molecule has 0 aromatic heterocycles. The van der Waals surface area contributed by atoms with Gasteiger partial charge in [-0.1, -0.05) is 17.7 Å². The van der Waals surface area contributed by atoms with Gasteiger partial charge in [0.25, 0.3) is 0 Å². The summed E-state index contributed by atoms with van der Waals surface area (Å²) in [5, 5.41) is 3.44. The minimum absolute atomic E-state index is 0.822. The maximum atomic E-state index is 5.29. The summed E-state index contributed by atoms with van der Waals surface area (Å²) in [5.74, 6) is 1.12. The lowest BCUT2D eigenvalue weighted by Crippen LogP contribution is -2.19. The van der Waals surface area contributed by atoms with Crippen LogP contribution in [0.4, 0.5) is 0 Å². The van der Waals surface area contributed by atoms with Crippen molar-refractivity contribution in [1.82, 2.24) is 5.32 Å². The predicted molar refractivity (Wildman–Crippen MR) is 80.6 cm³/mol. The van der Waals surface area contributed by atoms with Gasteiger partial charge in [-0.15, -0.1) is 11.8 Å². The lowest BCUT2D eigenvalue weighted by molar-refractivity contribution is 0.145. The fraction of sp³-hybridized carbons (Fsp3) is 0.600. The zero-order valence-electron chi connectivity index (χ0n) is 11.8. The number of thioether (sulfide) groups is 1. The number of rotatable bonds is 9. The molecule has 0 radical (unpaired) electrons. The zero-order valence-corrected chi connectivity index (χ0v) is 12.6. The Kier molecular flexibility index (Phi) is 8.14. The van der Waals surface area contributed by atoms with Gasteiger partial charge in [-0.05, 0) is 45.4 Å². The van der Waals surface area contributed by atoms with Crippen LogP contribution >= 0.6 is 11.8 Å². The quantitative estimate of drug-likeness (QED) is 0.547. The molecule has 2 nitrogen and oxygen atoms in total. The zero-order chi connectivity index (χ0) is 13.2. The Morgan fingerprint density at radius 2 is 2.06 bits per heavy atom. The van der Waals surface area contributed by atoms with Gasteiger partial charge in [0.1, 0.15) is 0 Å². The van der Waals surface area contributed by atoms with Crippen LogP contribution in [0.2, 0.25) is 0 Å². The van der Waals surface area contributed by atoms with Crippen LogP contribution in [-0.4, -0.2) is 32.1 Å². The summed E-state index contributed by atoms with van der Waals surface area (Å²) in [7, 11) is 0. The van der Waals surface area contributed by atoms with Gasteiger partial charge >= 0.3 is 0 Å². The highest BCUT2D eigenvalue weighted by molar-refractivity contribution is 7.99. The van der Waals surface area contributed by atoms with Gasteiger partial charge in [0.05, 0.1) is 0 Å². The van der Waals surface area contributed by atoms with Crippen molar-refractivity contribution < 1.29 is 4.74 Å². The van der Waals surface area contributed by atoms with Gasteiger partial charge < -0.3 is 10.1 Å². The van der Waals surface area contributed by atoms with Crippen LogP contribution in [0.1, 0.15) is 24.5 Å². The molecular weight excluding hydrogens is 242 g/mol. The standard InChI is InChI=1S/C15H25NOS/c1-4-17-10-5-8-16-9-11-18-15-7-6-13(2)12-14(15)3/h6-7,12,16H,4-5,8-11H2,1-3H3. The van der Waals surface area contributed by atoms with Crippen LogP contribution in [0.25, 0.3) is 0 Å². The third-order valence-electron chi connectivity index (χ3n) is 2.71. The van der Waals surface area contributed by atoms with Crippen molar-refractivity contribution in [2.24, 2.45) is 0 Å². The van der Waals surface area contributed by atoms with E-state index in [9.17, 15) is 0 Å². The molecule has 0 fully saturated rings. The van der Waals surface area contributed by atoms with E-state index in [0.717, 1.165) is 38.5 Å². The second-order valence-electron chi connectivity index (χ2n) is 4.42. The Balaban J connectivity index is 2.07. The van der Waals surface area contributed by atoms with Crippen LogP contribution in [0.3, 0.4) is 0 Å². The van der Waals surface area contributed by atoms with E-state index in [2.05, 4.69) is 37.4 Å². The molecule has 0 atom stereocenters. The molecule has 0 saturated heterocycles. The van der Waals surface area contributed by atoms with E-state index < -0.39 is 0 Å². The third kappa shape index (κ3) is 6.43. The Hall–Kier alpha value is -0.510. The maximum Gasteiger partial charge on any atom is 0.0477 e. The Morgan fingerprint density at radius 3 is 2.78 bits per heavy atom. The van der Waals surface area contributed by atoms with Crippen LogP contribution < -0.4 is 5.32 Å². The maximum absolute atomic E-state index is 5.29. The van der Waals surface area contributed by atoms with Crippen LogP contribution in [0.5, 0.6) is 0 Å². The van der Waals surface area contributed by atoms with E-state index in [4.69, 9.17) is 4.74 Å². The van der Waals surface area contributed by atoms with Crippen molar-refractivity contribution in [2.45, 2.75) is 32.1 Å². The Labute approximate surface area is 116 Å². The molecule has 102 valence electrons. The molecule has 0 aliphatic heterocycles. The van der Waals surface area contributed by atoms with Gasteiger partial charge in [-0.25, -0.2) is 0 Å². The molecular formula is C15H25NOS. The second-order valence-corrected chi connectivity index (χ2v) is 5.55. The molecule has 0 bridgehead atoms. The molecule has 0 saturated carbocycles. The second kappa shape index (κ2) is 9.42. The number of hydrogen-bond acceptors (Lipinski definition) is 3. The van der Waals surface area contributed by atoms with Crippen LogP contribution in [0, 0.1) is 13.8 Å². The van der Waals surface area contributed by atoms with E-state index in [1.54, 1.807) is 0 Å². The SMILES string of the molecule is CCOCCCNCCSc1ccc(C)cc1C. The topological polar surface area (TPSA) is 21.3 Å². The Morgan fingerprint density at radius 1 is 1.22 bits per heavy atom. The highest BCUT2D eigenvalue weighted by Gasteiger charge is 1.98. The molecule has 0 aliphatic rings. The summed E-state index contributed by atoms with van der Waals surface area (Å²) in [4.78, 5) is 1.40. The van der Waals surface area contributed by atoms with Crippen molar-refractivity contribution in [3.05, 3.63) is 29.3 Å². The van der Waals surface area contributed by atoms with E-state index in [1.807, 2.05) is 18.7 Å². The predicted octanol–water partition coefficient (Wildman–Crippen LogP) is 3.41. The molecule has 1 aromatic carbocycles. The van der Waals surface area contributed by atoms with E-state index >= 15 is 0 Å². The molecule has 0 spiro atoms. The summed E-state index contributed by atoms with van der Waals surface area (Å²) in [6, 6.07) is 6.66. The summed E-state index contributed by atoms with van der Waals surface area (Å²) in [6.45, 7) is 10.2. The fourth-order valence-electron chi connectivity index (χ4n) is 1.76. The average molecular weight is 267 g/mol. The van der Waals surface area contributed by atoms with E-state index in [-0.39, 0.29) is 0 Å². The Bertz CT molecular complexity index is 341. The first kappa shape index (κ1) is 15.5. The molecule has 1 N–H and O–H groups in total. The van der Waals surface area contributed by atoms with Crippen molar-refractivity contribution in [3.8, 4) is 0 Å². The van der Waals surface area contributed by atoms with Crippen LogP contribution in [0.15, 0.2) is 23.1 Å². The molecule has 0 aliphatic carbocycles. The first-order chi connectivity index (χ1) is 8.74. The molecule has 0 heterocycles. The minimum Gasteiger partial charge on any atom is -0.382 e. The lowest BCUT2D eigenvalue weighted by Gasteiger charge is -2.07. The smallest absolute Gasteiger partial charge is 0.0477 e. The largest absolute Gasteiger partial charge is 0.382 e. The molecule has 1 aromatic rings. The van der Waals surface area contributed by atoms with Crippen LogP contribution in [-0.2, 0) is 4.74 Å². The van der Waals surface area contributed by atoms with Crippen molar-refractivity contribution >= 4 is 11.8 Å². The van der Waals surface area contributed by atoms with Gasteiger partial charge in [0, 0.05) is 30.4 Å². The number of hydrogen-bond donors (Lipinski definition) is 1. The first-order valence-electron chi connectivity index (χ1n) is 6.72. The monoisotopic (exact) mass is 267 g/mol. The fourth-order valence-corrected chi connectivity index (χ4v) is 2.68. The first-order valence-corrected chi connectivity index (χ1v) is 7.71. The summed E-state index contributed by atoms with van der Waals surface area (Å²) >= 11 is 1.93. The molecule has 18 heavy (non-hydrogen) atoms. The number of ether oxygens (including phenoxy) is 1. The average Bonchev–Trinajstić information content (AvgIpc) is 2.35. The number of nitrogens with one attached hydrogen (secondary N) is 1. The summed E-state index contributed by atoms with van der Waals surface area (Å²) in [5.41, 5.74) is 2.72. The highest BCUT2D eigenvalue weighted by atomic mass is 32.2. The molecule has 3 heteroatoms. The van der Waals surface area contributed by atoms with Crippen molar-refractivity contribution in [3.63, 3.8) is 0 Å². The molecule has 0 amide bonds. The lowest BCUT2D eigenvalue weighted by atomic mass is 10.2. The number of benzene rings is 1. The van der Waals surface area contributed by atoms with E-state index in [1.165, 1.54) is 16.0 Å². The molecule has 0 unspecified atom stereocenters. The van der Waals surface area contributed by atoms with Crippen molar-refractivity contribution in [2.75, 3.05) is 32.1 Å². The van der Waals surface area contributed by atoms with Gasteiger partial charge in [-0.3, -0.25) is 0 Å².